The van der Waals surface area contributed by atoms with Crippen LogP contribution in [0.2, 0.25) is 0 Å². The van der Waals surface area contributed by atoms with E-state index in [-0.39, 0.29) is 0 Å². The van der Waals surface area contributed by atoms with Crippen LogP contribution in [0.15, 0.2) is 12.1 Å². The predicted molar refractivity (Wildman–Crippen MR) is 56.7 cm³/mol. The van der Waals surface area contributed by atoms with E-state index in [1.54, 1.807) is 11.3 Å². The molecule has 0 saturated heterocycles. The molecule has 0 aliphatic carbocycles. The van der Waals surface area contributed by atoms with Crippen LogP contribution in [0.1, 0.15) is 29.5 Å². The Morgan fingerprint density at radius 2 is 2.31 bits per heavy atom. The van der Waals surface area contributed by atoms with Crippen molar-refractivity contribution >= 4 is 11.3 Å². The van der Waals surface area contributed by atoms with E-state index in [9.17, 15) is 5.11 Å². The highest BCUT2D eigenvalue weighted by atomic mass is 32.1. The molecule has 0 saturated carbocycles. The molecular formula is C11H14OS. The summed E-state index contributed by atoms with van der Waals surface area (Å²) in [5.41, 5.74) is -0.759. The van der Waals surface area contributed by atoms with E-state index in [0.29, 0.717) is 12.8 Å². The zero-order valence-corrected chi connectivity index (χ0v) is 8.82. The van der Waals surface area contributed by atoms with Gasteiger partial charge in [-0.1, -0.05) is 0 Å². The minimum absolute atomic E-state index is 0.615. The van der Waals surface area contributed by atoms with Crippen LogP contribution in [0.5, 0.6) is 0 Å². The van der Waals surface area contributed by atoms with E-state index in [2.05, 4.69) is 5.92 Å². The number of rotatable bonds is 3. The lowest BCUT2D eigenvalue weighted by Crippen LogP contribution is -2.18. The van der Waals surface area contributed by atoms with E-state index >= 15 is 0 Å². The molecule has 0 bridgehead atoms. The molecule has 1 unspecified atom stereocenters. The summed E-state index contributed by atoms with van der Waals surface area (Å²) in [6, 6.07) is 3.99. The van der Waals surface area contributed by atoms with Crippen molar-refractivity contribution in [1.29, 1.82) is 0 Å². The molecular weight excluding hydrogens is 180 g/mol. The van der Waals surface area contributed by atoms with Crippen LogP contribution in [0.4, 0.5) is 0 Å². The van der Waals surface area contributed by atoms with E-state index in [0.717, 1.165) is 4.88 Å². The highest BCUT2D eigenvalue weighted by Gasteiger charge is 2.23. The maximum atomic E-state index is 10.0. The van der Waals surface area contributed by atoms with Crippen molar-refractivity contribution < 1.29 is 5.11 Å². The maximum absolute atomic E-state index is 10.0. The van der Waals surface area contributed by atoms with Crippen LogP contribution in [-0.4, -0.2) is 5.11 Å². The van der Waals surface area contributed by atoms with Crippen LogP contribution < -0.4 is 0 Å². The fourth-order valence-electron chi connectivity index (χ4n) is 1.16. The van der Waals surface area contributed by atoms with Gasteiger partial charge in [-0.25, -0.2) is 0 Å². The Kier molecular flexibility index (Phi) is 3.13. The number of terminal acetylenes is 1. The van der Waals surface area contributed by atoms with Crippen molar-refractivity contribution in [3.63, 3.8) is 0 Å². The Morgan fingerprint density at radius 1 is 1.62 bits per heavy atom. The number of aryl methyl sites for hydroxylation is 1. The molecule has 1 N–H and O–H groups in total. The molecule has 0 radical (unpaired) electrons. The molecule has 1 atom stereocenters. The third-order valence-electron chi connectivity index (χ3n) is 2.03. The SMILES string of the molecule is C#CCCC(C)(O)c1ccc(C)s1. The van der Waals surface area contributed by atoms with Crippen LogP contribution in [0.3, 0.4) is 0 Å². The quantitative estimate of drug-likeness (QED) is 0.733. The van der Waals surface area contributed by atoms with Crippen molar-refractivity contribution in [2.24, 2.45) is 0 Å². The third-order valence-corrected chi connectivity index (χ3v) is 3.28. The highest BCUT2D eigenvalue weighted by Crippen LogP contribution is 2.31. The Balaban J connectivity index is 2.75. The summed E-state index contributed by atoms with van der Waals surface area (Å²) in [5, 5.41) is 10.0. The molecule has 0 spiro atoms. The van der Waals surface area contributed by atoms with Gasteiger partial charge in [0.05, 0.1) is 5.60 Å². The normalized spacial score (nSPS) is 14.9. The molecule has 1 nitrogen and oxygen atoms in total. The smallest absolute Gasteiger partial charge is 0.0969 e. The number of thiophene rings is 1. The van der Waals surface area contributed by atoms with Gasteiger partial charge in [-0.3, -0.25) is 0 Å². The molecule has 1 heterocycles. The molecule has 0 amide bonds. The Labute approximate surface area is 83.4 Å². The van der Waals surface area contributed by atoms with Crippen molar-refractivity contribution in [1.82, 2.24) is 0 Å². The number of aliphatic hydroxyl groups is 1. The zero-order chi connectivity index (χ0) is 9.90. The predicted octanol–water partition coefficient (Wildman–Crippen LogP) is 2.68. The summed E-state index contributed by atoms with van der Waals surface area (Å²) in [6.45, 7) is 3.85. The lowest BCUT2D eigenvalue weighted by molar-refractivity contribution is 0.0532. The van der Waals surface area contributed by atoms with Gasteiger partial charge in [0.2, 0.25) is 0 Å². The van der Waals surface area contributed by atoms with E-state index < -0.39 is 5.60 Å². The van der Waals surface area contributed by atoms with Gasteiger partial charge >= 0.3 is 0 Å². The third kappa shape index (κ3) is 2.58. The van der Waals surface area contributed by atoms with Gasteiger partial charge in [0.1, 0.15) is 0 Å². The summed E-state index contributed by atoms with van der Waals surface area (Å²) in [7, 11) is 0. The first kappa shape index (κ1) is 10.3. The summed E-state index contributed by atoms with van der Waals surface area (Å²) >= 11 is 1.63. The van der Waals surface area contributed by atoms with Crippen molar-refractivity contribution in [3.8, 4) is 12.3 Å². The van der Waals surface area contributed by atoms with E-state index in [4.69, 9.17) is 6.42 Å². The average molecular weight is 194 g/mol. The van der Waals surface area contributed by atoms with Gasteiger partial charge in [-0.15, -0.1) is 23.7 Å². The summed E-state index contributed by atoms with van der Waals surface area (Å²) < 4.78 is 0. The first-order chi connectivity index (χ1) is 6.06. The summed E-state index contributed by atoms with van der Waals surface area (Å²) in [4.78, 5) is 2.22. The fourth-order valence-corrected chi connectivity index (χ4v) is 2.10. The molecule has 13 heavy (non-hydrogen) atoms. The van der Waals surface area contributed by atoms with Crippen LogP contribution in [-0.2, 0) is 5.60 Å². The van der Waals surface area contributed by atoms with Crippen molar-refractivity contribution in [2.45, 2.75) is 32.3 Å². The Morgan fingerprint density at radius 3 is 2.77 bits per heavy atom. The van der Waals surface area contributed by atoms with Gasteiger partial charge in [0.15, 0.2) is 0 Å². The monoisotopic (exact) mass is 194 g/mol. The largest absolute Gasteiger partial charge is 0.385 e. The molecule has 1 rings (SSSR count). The van der Waals surface area contributed by atoms with E-state index in [1.165, 1.54) is 4.88 Å². The fraction of sp³-hybridized carbons (Fsp3) is 0.455. The molecule has 0 aromatic carbocycles. The number of hydrogen-bond donors (Lipinski definition) is 1. The molecule has 70 valence electrons. The van der Waals surface area contributed by atoms with Gasteiger partial charge in [0.25, 0.3) is 0 Å². The minimum atomic E-state index is -0.759. The maximum Gasteiger partial charge on any atom is 0.0969 e. The molecule has 0 aliphatic rings. The standard InChI is InChI=1S/C11H14OS/c1-4-5-8-11(3,12)10-7-6-9(2)13-10/h1,6-7,12H,5,8H2,2-3H3. The zero-order valence-electron chi connectivity index (χ0n) is 8.00. The Bertz CT molecular complexity index is 317. The minimum Gasteiger partial charge on any atom is -0.385 e. The van der Waals surface area contributed by atoms with Gasteiger partial charge < -0.3 is 5.11 Å². The topological polar surface area (TPSA) is 20.2 Å². The van der Waals surface area contributed by atoms with Gasteiger partial charge in [-0.2, -0.15) is 0 Å². The first-order valence-electron chi connectivity index (χ1n) is 4.29. The molecule has 0 aliphatic heterocycles. The Hall–Kier alpha value is -0.780. The molecule has 1 aromatic rings. The van der Waals surface area contributed by atoms with Gasteiger partial charge in [0, 0.05) is 16.2 Å². The van der Waals surface area contributed by atoms with Crippen LogP contribution in [0.25, 0.3) is 0 Å². The van der Waals surface area contributed by atoms with Gasteiger partial charge in [-0.05, 0) is 32.4 Å². The lowest BCUT2D eigenvalue weighted by atomic mass is 9.99. The van der Waals surface area contributed by atoms with E-state index in [1.807, 2.05) is 26.0 Å². The second-order valence-electron chi connectivity index (χ2n) is 3.39. The molecule has 0 fully saturated rings. The van der Waals surface area contributed by atoms with Crippen molar-refractivity contribution in [3.05, 3.63) is 21.9 Å². The second-order valence-corrected chi connectivity index (χ2v) is 4.68. The molecule has 2 heteroatoms. The van der Waals surface area contributed by atoms with Crippen molar-refractivity contribution in [2.75, 3.05) is 0 Å². The summed E-state index contributed by atoms with van der Waals surface area (Å²) in [6.07, 6.45) is 6.40. The van der Waals surface area contributed by atoms with Crippen LogP contribution in [0, 0.1) is 19.3 Å². The summed E-state index contributed by atoms with van der Waals surface area (Å²) in [5.74, 6) is 2.55. The average Bonchev–Trinajstić information content (AvgIpc) is 2.49. The van der Waals surface area contributed by atoms with Crippen LogP contribution >= 0.6 is 11.3 Å². The first-order valence-corrected chi connectivity index (χ1v) is 5.10. The second kappa shape index (κ2) is 3.95. The molecule has 1 aromatic heterocycles. The number of hydrogen-bond acceptors (Lipinski definition) is 2. The highest BCUT2D eigenvalue weighted by molar-refractivity contribution is 7.12. The lowest BCUT2D eigenvalue weighted by Gasteiger charge is -2.20.